The molecule has 0 aliphatic carbocycles. The molecule has 5 nitrogen and oxygen atoms in total. The van der Waals surface area contributed by atoms with E-state index in [0.717, 1.165) is 0 Å². The van der Waals surface area contributed by atoms with Crippen molar-refractivity contribution in [3.05, 3.63) is 34.9 Å². The molecule has 0 unspecified atom stereocenters. The van der Waals surface area contributed by atoms with Gasteiger partial charge in [-0.05, 0) is 32.9 Å². The number of aromatic nitrogens is 2. The van der Waals surface area contributed by atoms with Crippen LogP contribution in [0.15, 0.2) is 29.3 Å². The number of hydrogen-bond acceptors (Lipinski definition) is 3. The van der Waals surface area contributed by atoms with Crippen LogP contribution in [0.4, 0.5) is 4.79 Å². The third-order valence-corrected chi connectivity index (χ3v) is 2.20. The third-order valence-electron chi connectivity index (χ3n) is 2.20. The normalized spacial score (nSPS) is 11.7. The van der Waals surface area contributed by atoms with Crippen LogP contribution in [0.25, 0.3) is 10.9 Å². The number of carbonyl (C=O) groups is 1. The second-order valence-electron chi connectivity index (χ2n) is 4.78. The van der Waals surface area contributed by atoms with Crippen molar-refractivity contribution in [2.45, 2.75) is 26.4 Å². The Bertz CT molecular complexity index is 616. The van der Waals surface area contributed by atoms with Gasteiger partial charge in [0.2, 0.25) is 0 Å². The summed E-state index contributed by atoms with van der Waals surface area (Å²) in [5, 5.41) is 0.708. The van der Waals surface area contributed by atoms with Gasteiger partial charge in [-0.15, -0.1) is 0 Å². The van der Waals surface area contributed by atoms with Gasteiger partial charge in [0, 0.05) is 17.8 Å². The molecule has 0 aliphatic rings. The molecule has 2 rings (SSSR count). The van der Waals surface area contributed by atoms with Crippen LogP contribution in [-0.4, -0.2) is 21.2 Å². The largest absolute Gasteiger partial charge is 0.443 e. The zero-order valence-electron chi connectivity index (χ0n) is 9.98. The number of nitrogens with zero attached hydrogens (tertiary/aromatic N) is 1. The molecule has 17 heavy (non-hydrogen) atoms. The van der Waals surface area contributed by atoms with Crippen LogP contribution < -0.4 is 5.56 Å². The van der Waals surface area contributed by atoms with Gasteiger partial charge >= 0.3 is 6.09 Å². The fraction of sp³-hybridized carbons (Fsp3) is 0.333. The first kappa shape index (κ1) is 11.4. The average Bonchev–Trinajstić information content (AvgIpc) is 2.60. The fourth-order valence-corrected chi connectivity index (χ4v) is 1.56. The molecular formula is C12H14N2O3. The predicted molar refractivity (Wildman–Crippen MR) is 64.2 cm³/mol. The lowest BCUT2D eigenvalue weighted by Crippen LogP contribution is -2.28. The minimum absolute atomic E-state index is 0.307. The molecule has 0 radical (unpaired) electrons. The number of nitrogens with one attached hydrogen (secondary N) is 1. The van der Waals surface area contributed by atoms with Crippen LogP contribution in [-0.2, 0) is 4.74 Å². The molecule has 2 aromatic rings. The van der Waals surface area contributed by atoms with Crippen molar-refractivity contribution in [2.75, 3.05) is 0 Å². The summed E-state index contributed by atoms with van der Waals surface area (Å²) in [7, 11) is 0. The van der Waals surface area contributed by atoms with E-state index < -0.39 is 11.7 Å². The lowest BCUT2D eigenvalue weighted by Gasteiger charge is -2.19. The summed E-state index contributed by atoms with van der Waals surface area (Å²) in [5.74, 6) is 0. The summed E-state index contributed by atoms with van der Waals surface area (Å²) < 4.78 is 6.44. The standard InChI is InChI=1S/C12H14N2O3/c1-12(2,3)17-11(16)14-7-5-8-4-6-13-10(15)9(8)14/h4-7H,1-3H3,(H,13,15). The maximum atomic E-state index is 11.9. The van der Waals surface area contributed by atoms with Crippen LogP contribution in [0.5, 0.6) is 0 Å². The molecule has 0 spiro atoms. The van der Waals surface area contributed by atoms with Crippen molar-refractivity contribution in [1.29, 1.82) is 0 Å². The van der Waals surface area contributed by atoms with Crippen LogP contribution in [0.3, 0.4) is 0 Å². The van der Waals surface area contributed by atoms with Gasteiger partial charge < -0.3 is 9.72 Å². The van der Waals surface area contributed by atoms with Gasteiger partial charge in [-0.25, -0.2) is 9.36 Å². The highest BCUT2D eigenvalue weighted by atomic mass is 16.6. The van der Waals surface area contributed by atoms with Gasteiger partial charge in [0.25, 0.3) is 5.56 Å². The fourth-order valence-electron chi connectivity index (χ4n) is 1.56. The van der Waals surface area contributed by atoms with Gasteiger partial charge in [-0.2, -0.15) is 0 Å². The number of ether oxygens (including phenoxy) is 1. The Labute approximate surface area is 98.0 Å². The molecule has 0 bridgehead atoms. The summed E-state index contributed by atoms with van der Waals surface area (Å²) >= 11 is 0. The Kier molecular flexibility index (Phi) is 2.53. The molecule has 90 valence electrons. The molecule has 0 fully saturated rings. The van der Waals surface area contributed by atoms with E-state index in [4.69, 9.17) is 4.74 Å². The molecule has 2 aromatic heterocycles. The number of carbonyl (C=O) groups excluding carboxylic acids is 1. The molecule has 0 aromatic carbocycles. The first-order chi connectivity index (χ1) is 7.88. The quantitative estimate of drug-likeness (QED) is 0.759. The van der Waals surface area contributed by atoms with Crippen molar-refractivity contribution in [1.82, 2.24) is 9.55 Å². The van der Waals surface area contributed by atoms with E-state index in [1.807, 2.05) is 0 Å². The number of pyridine rings is 1. The molecular weight excluding hydrogens is 220 g/mol. The van der Waals surface area contributed by atoms with Crippen LogP contribution in [0, 0.1) is 0 Å². The second-order valence-corrected chi connectivity index (χ2v) is 4.78. The Morgan fingerprint density at radius 3 is 2.71 bits per heavy atom. The Balaban J connectivity index is 2.50. The summed E-state index contributed by atoms with van der Waals surface area (Å²) in [6, 6.07) is 3.44. The minimum atomic E-state index is -0.588. The van der Waals surface area contributed by atoms with Crippen molar-refractivity contribution < 1.29 is 9.53 Å². The highest BCUT2D eigenvalue weighted by Gasteiger charge is 2.19. The monoisotopic (exact) mass is 234 g/mol. The first-order valence-corrected chi connectivity index (χ1v) is 5.30. The third kappa shape index (κ3) is 2.22. The van der Waals surface area contributed by atoms with Gasteiger partial charge in [0.1, 0.15) is 11.1 Å². The summed E-state index contributed by atoms with van der Waals surface area (Å²) in [6.07, 6.45) is 2.53. The molecule has 2 heterocycles. The molecule has 0 aliphatic heterocycles. The van der Waals surface area contributed by atoms with E-state index in [1.165, 1.54) is 10.8 Å². The average molecular weight is 234 g/mol. The van der Waals surface area contributed by atoms with Crippen LogP contribution in [0.1, 0.15) is 20.8 Å². The summed E-state index contributed by atoms with van der Waals surface area (Å²) in [6.45, 7) is 5.34. The molecule has 1 N–H and O–H groups in total. The van der Waals surface area contributed by atoms with Gasteiger partial charge in [-0.1, -0.05) is 0 Å². The van der Waals surface area contributed by atoms with Crippen molar-refractivity contribution in [3.8, 4) is 0 Å². The number of H-pyrrole nitrogens is 1. The Morgan fingerprint density at radius 2 is 2.06 bits per heavy atom. The zero-order chi connectivity index (χ0) is 12.6. The second kappa shape index (κ2) is 3.76. The van der Waals surface area contributed by atoms with Gasteiger partial charge in [-0.3, -0.25) is 4.79 Å². The summed E-state index contributed by atoms with van der Waals surface area (Å²) in [5.41, 5.74) is -0.588. The number of rotatable bonds is 0. The van der Waals surface area contributed by atoms with E-state index in [0.29, 0.717) is 10.9 Å². The molecule has 5 heteroatoms. The zero-order valence-corrected chi connectivity index (χ0v) is 9.98. The number of hydrogen-bond donors (Lipinski definition) is 1. The SMILES string of the molecule is CC(C)(C)OC(=O)n1ccc2cc[nH]c(=O)c21. The molecule has 0 atom stereocenters. The predicted octanol–water partition coefficient (Wildman–Crippen LogP) is 2.11. The van der Waals surface area contributed by atoms with Crippen LogP contribution >= 0.6 is 0 Å². The Hall–Kier alpha value is -2.04. The Morgan fingerprint density at radius 1 is 1.35 bits per heavy atom. The van der Waals surface area contributed by atoms with E-state index in [1.54, 1.807) is 39.1 Å². The first-order valence-electron chi connectivity index (χ1n) is 5.30. The van der Waals surface area contributed by atoms with Crippen molar-refractivity contribution >= 4 is 17.0 Å². The van der Waals surface area contributed by atoms with Crippen molar-refractivity contribution in [3.63, 3.8) is 0 Å². The lowest BCUT2D eigenvalue weighted by molar-refractivity contribution is 0.0544. The highest BCUT2D eigenvalue weighted by Crippen LogP contribution is 2.14. The minimum Gasteiger partial charge on any atom is -0.443 e. The van der Waals surface area contributed by atoms with Crippen molar-refractivity contribution in [2.24, 2.45) is 0 Å². The number of fused-ring (bicyclic) bond motifs is 1. The van der Waals surface area contributed by atoms with E-state index in [-0.39, 0.29) is 5.56 Å². The number of aromatic amines is 1. The smallest absolute Gasteiger partial charge is 0.419 e. The molecule has 0 amide bonds. The van der Waals surface area contributed by atoms with Gasteiger partial charge in [0.15, 0.2) is 0 Å². The molecule has 0 saturated carbocycles. The van der Waals surface area contributed by atoms with E-state index >= 15 is 0 Å². The van der Waals surface area contributed by atoms with E-state index in [2.05, 4.69) is 4.98 Å². The van der Waals surface area contributed by atoms with Crippen LogP contribution in [0.2, 0.25) is 0 Å². The lowest BCUT2D eigenvalue weighted by atomic mass is 10.2. The van der Waals surface area contributed by atoms with E-state index in [9.17, 15) is 9.59 Å². The highest BCUT2D eigenvalue weighted by molar-refractivity contribution is 5.88. The maximum absolute atomic E-state index is 11.9. The van der Waals surface area contributed by atoms with Gasteiger partial charge in [0.05, 0.1) is 0 Å². The molecule has 0 saturated heterocycles. The maximum Gasteiger partial charge on any atom is 0.419 e. The summed E-state index contributed by atoms with van der Waals surface area (Å²) in [4.78, 5) is 26.1. The topological polar surface area (TPSA) is 64.1 Å².